The molecular weight excluding hydrogens is 437 g/mol. The van der Waals surface area contributed by atoms with Gasteiger partial charge in [0.2, 0.25) is 0 Å². The van der Waals surface area contributed by atoms with Crippen molar-refractivity contribution in [3.05, 3.63) is 51.5 Å². The third-order valence-electron chi connectivity index (χ3n) is 3.64. The van der Waals surface area contributed by atoms with E-state index in [-0.39, 0.29) is 45.8 Å². The topological polar surface area (TPSA) is 83.9 Å². The second kappa shape index (κ2) is 9.01. The fraction of sp³-hybridized carbons (Fsp3) is 0.235. The largest absolute Gasteiger partial charge is 0.495 e. The van der Waals surface area contributed by atoms with Crippen LogP contribution in [0.25, 0.3) is 0 Å². The molecule has 0 unspecified atom stereocenters. The Bertz CT molecular complexity index is 950. The van der Waals surface area contributed by atoms with Crippen molar-refractivity contribution < 1.29 is 23.1 Å². The van der Waals surface area contributed by atoms with Crippen LogP contribution in [-0.4, -0.2) is 33.1 Å². The molecule has 10 heteroatoms. The average Bonchev–Trinajstić information content (AvgIpc) is 2.60. The summed E-state index contributed by atoms with van der Waals surface area (Å²) >= 11 is 17.9. The van der Waals surface area contributed by atoms with E-state index < -0.39 is 16.0 Å². The molecule has 0 fully saturated rings. The van der Waals surface area contributed by atoms with E-state index in [1.165, 1.54) is 37.4 Å². The van der Waals surface area contributed by atoms with Gasteiger partial charge in [0.05, 0.1) is 27.7 Å². The zero-order valence-electron chi connectivity index (χ0n) is 14.2. The average molecular weight is 453 g/mol. The van der Waals surface area contributed by atoms with Crippen LogP contribution in [-0.2, 0) is 14.8 Å². The molecule has 1 N–H and O–H groups in total. The SMILES string of the molecule is COc1ccc(Cl)cc1N(CCCC(=O)O)S(=O)(=O)c1ccc(Cl)c(Cl)c1. The van der Waals surface area contributed by atoms with Gasteiger partial charge in [-0.1, -0.05) is 34.8 Å². The molecule has 27 heavy (non-hydrogen) atoms. The maximum Gasteiger partial charge on any atom is 0.303 e. The molecule has 0 amide bonds. The molecule has 0 saturated heterocycles. The number of aliphatic carboxylic acids is 1. The molecule has 2 aromatic rings. The normalized spacial score (nSPS) is 11.3. The molecule has 0 saturated carbocycles. The first-order chi connectivity index (χ1) is 12.7. The lowest BCUT2D eigenvalue weighted by Gasteiger charge is -2.26. The Labute approximate surface area is 172 Å². The Balaban J connectivity index is 2.56. The van der Waals surface area contributed by atoms with Crippen LogP contribution >= 0.6 is 34.8 Å². The van der Waals surface area contributed by atoms with Gasteiger partial charge >= 0.3 is 5.97 Å². The number of hydrogen-bond acceptors (Lipinski definition) is 4. The first-order valence-corrected chi connectivity index (χ1v) is 10.3. The number of hydrogen-bond donors (Lipinski definition) is 1. The molecule has 0 spiro atoms. The van der Waals surface area contributed by atoms with Crippen molar-refractivity contribution in [2.24, 2.45) is 0 Å². The van der Waals surface area contributed by atoms with Crippen LogP contribution in [0.1, 0.15) is 12.8 Å². The molecule has 0 radical (unpaired) electrons. The number of rotatable bonds is 8. The van der Waals surface area contributed by atoms with Gasteiger partial charge < -0.3 is 9.84 Å². The minimum absolute atomic E-state index is 0.0845. The van der Waals surface area contributed by atoms with Crippen molar-refractivity contribution in [2.45, 2.75) is 17.7 Å². The molecule has 0 aliphatic rings. The molecule has 0 bridgehead atoms. The van der Waals surface area contributed by atoms with Crippen molar-refractivity contribution in [2.75, 3.05) is 18.0 Å². The van der Waals surface area contributed by atoms with E-state index in [0.717, 1.165) is 4.31 Å². The number of anilines is 1. The summed E-state index contributed by atoms with van der Waals surface area (Å²) in [7, 11) is -2.69. The van der Waals surface area contributed by atoms with E-state index >= 15 is 0 Å². The summed E-state index contributed by atoms with van der Waals surface area (Å²) < 4.78 is 32.8. The lowest BCUT2D eigenvalue weighted by molar-refractivity contribution is -0.137. The minimum atomic E-state index is -4.08. The summed E-state index contributed by atoms with van der Waals surface area (Å²) in [6.45, 7) is -0.0917. The fourth-order valence-electron chi connectivity index (χ4n) is 2.37. The first-order valence-electron chi connectivity index (χ1n) is 7.70. The number of nitrogens with zero attached hydrogens (tertiary/aromatic N) is 1. The van der Waals surface area contributed by atoms with Crippen molar-refractivity contribution in [1.82, 2.24) is 0 Å². The number of sulfonamides is 1. The van der Waals surface area contributed by atoms with Gasteiger partial charge in [-0.2, -0.15) is 0 Å². The Kier molecular flexibility index (Phi) is 7.22. The lowest BCUT2D eigenvalue weighted by atomic mass is 10.2. The summed E-state index contributed by atoms with van der Waals surface area (Å²) in [5.41, 5.74) is 0.196. The molecule has 2 aromatic carbocycles. The Morgan fingerprint density at radius 3 is 2.41 bits per heavy atom. The molecule has 0 atom stereocenters. The number of carboxylic acid groups (broad SMARTS) is 1. The van der Waals surface area contributed by atoms with Crippen LogP contribution in [0.3, 0.4) is 0 Å². The molecule has 0 aromatic heterocycles. The van der Waals surface area contributed by atoms with Crippen LogP contribution in [0.15, 0.2) is 41.3 Å². The molecule has 0 heterocycles. The van der Waals surface area contributed by atoms with Crippen LogP contribution in [0.2, 0.25) is 15.1 Å². The second-order valence-electron chi connectivity index (χ2n) is 5.47. The predicted molar refractivity (Wildman–Crippen MR) is 106 cm³/mol. The number of ether oxygens (including phenoxy) is 1. The zero-order chi connectivity index (χ0) is 20.2. The van der Waals surface area contributed by atoms with Gasteiger partial charge in [-0.15, -0.1) is 0 Å². The van der Waals surface area contributed by atoms with Gasteiger partial charge in [0.1, 0.15) is 5.75 Å². The van der Waals surface area contributed by atoms with Gasteiger partial charge in [0.15, 0.2) is 0 Å². The second-order valence-corrected chi connectivity index (χ2v) is 8.58. The van der Waals surface area contributed by atoms with E-state index in [1.54, 1.807) is 6.07 Å². The number of carbonyl (C=O) groups is 1. The number of benzene rings is 2. The lowest BCUT2D eigenvalue weighted by Crippen LogP contribution is -2.32. The smallest absolute Gasteiger partial charge is 0.303 e. The van der Waals surface area contributed by atoms with Crippen LogP contribution in [0, 0.1) is 0 Å². The number of carboxylic acids is 1. The summed E-state index contributed by atoms with van der Waals surface area (Å²) in [5, 5.41) is 9.49. The van der Waals surface area contributed by atoms with Crippen LogP contribution in [0.5, 0.6) is 5.75 Å². The highest BCUT2D eigenvalue weighted by atomic mass is 35.5. The minimum Gasteiger partial charge on any atom is -0.495 e. The van der Waals surface area contributed by atoms with Gasteiger partial charge in [0, 0.05) is 18.0 Å². The van der Waals surface area contributed by atoms with E-state index in [1.807, 2.05) is 0 Å². The third-order valence-corrected chi connectivity index (χ3v) is 6.42. The summed E-state index contributed by atoms with van der Waals surface area (Å²) in [6.07, 6.45) is -0.109. The van der Waals surface area contributed by atoms with E-state index in [2.05, 4.69) is 0 Å². The van der Waals surface area contributed by atoms with E-state index in [9.17, 15) is 13.2 Å². The van der Waals surface area contributed by atoms with Gasteiger partial charge in [-0.05, 0) is 42.8 Å². The zero-order valence-corrected chi connectivity index (χ0v) is 17.2. The number of halogens is 3. The van der Waals surface area contributed by atoms with Crippen molar-refractivity contribution in [3.63, 3.8) is 0 Å². The highest BCUT2D eigenvalue weighted by molar-refractivity contribution is 7.92. The quantitative estimate of drug-likeness (QED) is 0.627. The Morgan fingerprint density at radius 2 is 1.81 bits per heavy atom. The van der Waals surface area contributed by atoms with Crippen molar-refractivity contribution >= 4 is 56.5 Å². The summed E-state index contributed by atoms with van der Waals surface area (Å²) in [4.78, 5) is 10.8. The maximum absolute atomic E-state index is 13.2. The van der Waals surface area contributed by atoms with Crippen LogP contribution < -0.4 is 9.04 Å². The maximum atomic E-state index is 13.2. The Hall–Kier alpha value is -1.67. The standard InChI is InChI=1S/C17H16Cl3NO5S/c1-26-16-7-4-11(18)9-15(16)21(8-2-3-17(22)23)27(24,25)12-5-6-13(19)14(20)10-12/h4-7,9-10H,2-3,8H2,1H3,(H,22,23). The van der Waals surface area contributed by atoms with Crippen LogP contribution in [0.4, 0.5) is 5.69 Å². The predicted octanol–water partition coefficient (Wildman–Crippen LogP) is 4.72. The molecule has 6 nitrogen and oxygen atoms in total. The summed E-state index contributed by atoms with van der Waals surface area (Å²) in [5.74, 6) is -0.752. The van der Waals surface area contributed by atoms with Gasteiger partial charge in [-0.3, -0.25) is 9.10 Å². The highest BCUT2D eigenvalue weighted by Gasteiger charge is 2.28. The molecular formula is C17H16Cl3NO5S. The fourth-order valence-corrected chi connectivity index (χ4v) is 4.43. The third kappa shape index (κ3) is 5.19. The first kappa shape index (κ1) is 21.6. The van der Waals surface area contributed by atoms with Gasteiger partial charge in [-0.25, -0.2) is 8.42 Å². The Morgan fingerprint density at radius 1 is 1.11 bits per heavy atom. The van der Waals surface area contributed by atoms with Crippen molar-refractivity contribution in [3.8, 4) is 5.75 Å². The number of methoxy groups -OCH3 is 1. The molecule has 0 aliphatic carbocycles. The highest BCUT2D eigenvalue weighted by Crippen LogP contribution is 2.36. The van der Waals surface area contributed by atoms with Crippen molar-refractivity contribution in [1.29, 1.82) is 0 Å². The molecule has 0 aliphatic heterocycles. The van der Waals surface area contributed by atoms with E-state index in [0.29, 0.717) is 5.02 Å². The van der Waals surface area contributed by atoms with E-state index in [4.69, 9.17) is 44.6 Å². The monoisotopic (exact) mass is 451 g/mol. The molecule has 146 valence electrons. The molecule has 2 rings (SSSR count). The van der Waals surface area contributed by atoms with Gasteiger partial charge in [0.25, 0.3) is 10.0 Å². The summed E-state index contributed by atoms with van der Waals surface area (Å²) in [6, 6.07) is 8.47.